The Morgan fingerprint density at radius 3 is 2.79 bits per heavy atom. The lowest BCUT2D eigenvalue weighted by molar-refractivity contribution is -0.145. The van der Waals surface area contributed by atoms with E-state index >= 15 is 0 Å². The van der Waals surface area contributed by atoms with Gasteiger partial charge in [0.2, 0.25) is 5.91 Å². The molecule has 2 atom stereocenters. The van der Waals surface area contributed by atoms with Crippen molar-refractivity contribution < 1.29 is 19.1 Å². The van der Waals surface area contributed by atoms with Gasteiger partial charge in [0.15, 0.2) is 0 Å². The Morgan fingerprint density at radius 2 is 2.29 bits per heavy atom. The van der Waals surface area contributed by atoms with Crippen molar-refractivity contribution in [3.8, 4) is 0 Å². The molecule has 1 amide bonds. The summed E-state index contributed by atoms with van der Waals surface area (Å²) in [7, 11) is 1.30. The molecule has 0 saturated carbocycles. The van der Waals surface area contributed by atoms with E-state index in [2.05, 4.69) is 10.1 Å². The molecular formula is C9H15NO4. The van der Waals surface area contributed by atoms with Crippen LogP contribution in [0.4, 0.5) is 0 Å². The molecule has 1 fully saturated rings. The second kappa shape index (κ2) is 4.95. The maximum atomic E-state index is 11.5. The molecule has 0 bridgehead atoms. The van der Waals surface area contributed by atoms with Gasteiger partial charge in [-0.2, -0.15) is 0 Å². The average molecular weight is 201 g/mol. The summed E-state index contributed by atoms with van der Waals surface area (Å²) in [6.45, 7) is 2.66. The lowest BCUT2D eigenvalue weighted by Crippen LogP contribution is -2.42. The van der Waals surface area contributed by atoms with E-state index in [0.29, 0.717) is 13.2 Å². The van der Waals surface area contributed by atoms with Crippen LogP contribution in [0.3, 0.4) is 0 Å². The first-order valence-corrected chi connectivity index (χ1v) is 4.61. The molecule has 14 heavy (non-hydrogen) atoms. The Bertz CT molecular complexity index is 223. The maximum absolute atomic E-state index is 11.5. The highest BCUT2D eigenvalue weighted by Gasteiger charge is 2.26. The fraction of sp³-hybridized carbons (Fsp3) is 0.778. The lowest BCUT2D eigenvalue weighted by atomic mass is 10.1. The normalized spacial score (nSPS) is 22.9. The van der Waals surface area contributed by atoms with Crippen molar-refractivity contribution >= 4 is 11.9 Å². The summed E-state index contributed by atoms with van der Waals surface area (Å²) in [5.74, 6) is -0.695. The first-order chi connectivity index (χ1) is 6.65. The second-order valence-electron chi connectivity index (χ2n) is 3.31. The summed E-state index contributed by atoms with van der Waals surface area (Å²) >= 11 is 0. The Balaban J connectivity index is 2.35. The number of ether oxygens (including phenoxy) is 2. The molecule has 0 aromatic heterocycles. The van der Waals surface area contributed by atoms with E-state index in [4.69, 9.17) is 4.74 Å². The number of hydrogen-bond donors (Lipinski definition) is 1. The minimum atomic E-state index is -0.590. The molecule has 1 heterocycles. The van der Waals surface area contributed by atoms with Gasteiger partial charge in [-0.05, 0) is 13.3 Å². The van der Waals surface area contributed by atoms with Crippen LogP contribution in [-0.2, 0) is 19.1 Å². The van der Waals surface area contributed by atoms with Gasteiger partial charge in [-0.3, -0.25) is 4.79 Å². The van der Waals surface area contributed by atoms with Gasteiger partial charge in [0.05, 0.1) is 19.6 Å². The summed E-state index contributed by atoms with van der Waals surface area (Å²) in [4.78, 5) is 22.5. The highest BCUT2D eigenvalue weighted by molar-refractivity contribution is 5.85. The number of nitrogens with one attached hydrogen (secondary N) is 1. The van der Waals surface area contributed by atoms with Crippen molar-refractivity contribution in [1.29, 1.82) is 0 Å². The molecular weight excluding hydrogens is 186 g/mol. The van der Waals surface area contributed by atoms with E-state index in [1.54, 1.807) is 6.92 Å². The summed E-state index contributed by atoms with van der Waals surface area (Å²) in [6.07, 6.45) is 0.722. The third-order valence-electron chi connectivity index (χ3n) is 2.21. The quantitative estimate of drug-likeness (QED) is 0.637. The molecule has 1 aliphatic heterocycles. The predicted molar refractivity (Wildman–Crippen MR) is 48.5 cm³/mol. The predicted octanol–water partition coefficient (Wildman–Crippen LogP) is -0.299. The third kappa shape index (κ3) is 2.70. The van der Waals surface area contributed by atoms with Crippen LogP contribution in [-0.4, -0.2) is 38.2 Å². The van der Waals surface area contributed by atoms with Crippen molar-refractivity contribution in [3.05, 3.63) is 0 Å². The van der Waals surface area contributed by atoms with Crippen molar-refractivity contribution in [2.75, 3.05) is 20.3 Å². The van der Waals surface area contributed by atoms with Crippen LogP contribution in [0.5, 0.6) is 0 Å². The Kier molecular flexibility index (Phi) is 3.88. The van der Waals surface area contributed by atoms with Crippen LogP contribution in [0.2, 0.25) is 0 Å². The maximum Gasteiger partial charge on any atom is 0.328 e. The highest BCUT2D eigenvalue weighted by Crippen LogP contribution is 2.12. The molecule has 1 saturated heterocycles. The number of amides is 1. The van der Waals surface area contributed by atoms with Gasteiger partial charge in [0.1, 0.15) is 6.04 Å². The van der Waals surface area contributed by atoms with E-state index in [0.717, 1.165) is 6.42 Å². The summed E-state index contributed by atoms with van der Waals surface area (Å²) in [6, 6.07) is -0.590. The number of carbonyl (C=O) groups is 2. The molecule has 0 radical (unpaired) electrons. The Hall–Kier alpha value is -1.10. The van der Waals surface area contributed by atoms with Gasteiger partial charge in [0, 0.05) is 6.61 Å². The van der Waals surface area contributed by atoms with Gasteiger partial charge in [-0.25, -0.2) is 4.79 Å². The standard InChI is InChI=1S/C9H15NO4/c1-6(9(12)13-2)10-8(11)7-3-4-14-5-7/h6-7H,3-5H2,1-2H3,(H,10,11)/t6-,7-/m1/s1. The minimum absolute atomic E-state index is 0.123. The number of carbonyl (C=O) groups excluding carboxylic acids is 2. The average Bonchev–Trinajstić information content (AvgIpc) is 2.69. The fourth-order valence-corrected chi connectivity index (χ4v) is 1.31. The zero-order valence-corrected chi connectivity index (χ0v) is 8.41. The molecule has 5 nitrogen and oxygen atoms in total. The molecule has 0 aromatic carbocycles. The van der Waals surface area contributed by atoms with Gasteiger partial charge in [-0.1, -0.05) is 0 Å². The number of methoxy groups -OCH3 is 1. The molecule has 0 aromatic rings. The SMILES string of the molecule is COC(=O)[C@@H](C)NC(=O)[C@@H]1CCOC1. The van der Waals surface area contributed by atoms with E-state index in [9.17, 15) is 9.59 Å². The van der Waals surface area contributed by atoms with Crippen LogP contribution < -0.4 is 5.32 Å². The Morgan fingerprint density at radius 1 is 1.57 bits per heavy atom. The van der Waals surface area contributed by atoms with E-state index < -0.39 is 12.0 Å². The lowest BCUT2D eigenvalue weighted by Gasteiger charge is -2.13. The molecule has 1 N–H and O–H groups in total. The number of hydrogen-bond acceptors (Lipinski definition) is 4. The van der Waals surface area contributed by atoms with Crippen LogP contribution in [0.1, 0.15) is 13.3 Å². The largest absolute Gasteiger partial charge is 0.467 e. The topological polar surface area (TPSA) is 64.6 Å². The van der Waals surface area contributed by atoms with Gasteiger partial charge in [-0.15, -0.1) is 0 Å². The van der Waals surface area contributed by atoms with Crippen LogP contribution in [0.25, 0.3) is 0 Å². The van der Waals surface area contributed by atoms with Gasteiger partial charge in [0.25, 0.3) is 0 Å². The zero-order valence-electron chi connectivity index (χ0n) is 8.41. The smallest absolute Gasteiger partial charge is 0.328 e. The first-order valence-electron chi connectivity index (χ1n) is 4.61. The van der Waals surface area contributed by atoms with Crippen molar-refractivity contribution in [2.24, 2.45) is 5.92 Å². The monoisotopic (exact) mass is 201 g/mol. The number of esters is 1. The van der Waals surface area contributed by atoms with Crippen LogP contribution in [0, 0.1) is 5.92 Å². The fourth-order valence-electron chi connectivity index (χ4n) is 1.31. The Labute approximate surface area is 82.8 Å². The molecule has 5 heteroatoms. The van der Waals surface area contributed by atoms with Gasteiger partial charge >= 0.3 is 5.97 Å². The summed E-state index contributed by atoms with van der Waals surface area (Å²) in [5.41, 5.74) is 0. The minimum Gasteiger partial charge on any atom is -0.467 e. The van der Waals surface area contributed by atoms with E-state index in [1.165, 1.54) is 7.11 Å². The zero-order chi connectivity index (χ0) is 10.6. The summed E-state index contributed by atoms with van der Waals surface area (Å²) < 4.78 is 9.56. The van der Waals surface area contributed by atoms with Crippen LogP contribution >= 0.6 is 0 Å². The molecule has 80 valence electrons. The van der Waals surface area contributed by atoms with Crippen molar-refractivity contribution in [2.45, 2.75) is 19.4 Å². The second-order valence-corrected chi connectivity index (χ2v) is 3.31. The molecule has 1 aliphatic rings. The molecule has 0 unspecified atom stereocenters. The number of rotatable bonds is 3. The van der Waals surface area contributed by atoms with E-state index in [-0.39, 0.29) is 11.8 Å². The van der Waals surface area contributed by atoms with Crippen molar-refractivity contribution in [3.63, 3.8) is 0 Å². The van der Waals surface area contributed by atoms with Crippen LogP contribution in [0.15, 0.2) is 0 Å². The summed E-state index contributed by atoms with van der Waals surface area (Å²) in [5, 5.41) is 2.58. The van der Waals surface area contributed by atoms with Gasteiger partial charge < -0.3 is 14.8 Å². The molecule has 0 spiro atoms. The van der Waals surface area contributed by atoms with Crippen molar-refractivity contribution in [1.82, 2.24) is 5.32 Å². The third-order valence-corrected chi connectivity index (χ3v) is 2.21. The highest BCUT2D eigenvalue weighted by atomic mass is 16.5. The molecule has 1 rings (SSSR count). The molecule has 0 aliphatic carbocycles. The first kappa shape index (κ1) is 11.0. The van der Waals surface area contributed by atoms with E-state index in [1.807, 2.05) is 0 Å².